The van der Waals surface area contributed by atoms with Crippen molar-refractivity contribution in [3.63, 3.8) is 0 Å². The second kappa shape index (κ2) is 3.21. The molecule has 0 saturated carbocycles. The van der Waals surface area contributed by atoms with Crippen LogP contribution < -0.4 is 4.74 Å². The number of aromatic hydroxyl groups is 2. The number of benzene rings is 1. The number of nitrogens with zero attached hydrogens (tertiary/aromatic N) is 3. The molecule has 3 N–H and O–H groups in total. The summed E-state index contributed by atoms with van der Waals surface area (Å²) in [6.45, 7) is 0. The van der Waals surface area contributed by atoms with Crippen LogP contribution in [0.4, 0.5) is 0 Å². The van der Waals surface area contributed by atoms with Crippen molar-refractivity contribution >= 4 is 0 Å². The van der Waals surface area contributed by atoms with E-state index in [1.54, 1.807) is 0 Å². The molecule has 0 atom stereocenters. The molecule has 0 unspecified atom stereocenters. The van der Waals surface area contributed by atoms with Crippen molar-refractivity contribution in [1.82, 2.24) is 20.6 Å². The van der Waals surface area contributed by atoms with Crippen LogP contribution in [-0.2, 0) is 0 Å². The predicted molar refractivity (Wildman–Crippen MR) is 44.0 cm³/mol. The fraction of sp³-hybridized carbons (Fsp3) is 0. The normalized spacial score (nSPS) is 10.0. The van der Waals surface area contributed by atoms with E-state index in [-0.39, 0.29) is 23.3 Å². The molecule has 0 bridgehead atoms. The van der Waals surface area contributed by atoms with Gasteiger partial charge in [-0.2, -0.15) is 0 Å². The molecular formula is C7H6N4O3. The topological polar surface area (TPSA) is 104 Å². The second-order valence-corrected chi connectivity index (χ2v) is 2.46. The van der Waals surface area contributed by atoms with E-state index >= 15 is 0 Å². The monoisotopic (exact) mass is 194 g/mol. The standard InChI is InChI=1S/C7H6N4O3/c12-4-1-2-6(5(13)3-4)14-7-8-10-11-9-7/h1-3,12-13H,(H,8,9,10,11). The van der Waals surface area contributed by atoms with Gasteiger partial charge in [-0.05, 0) is 22.6 Å². The Balaban J connectivity index is 2.25. The minimum Gasteiger partial charge on any atom is -0.508 e. The van der Waals surface area contributed by atoms with Gasteiger partial charge in [0.05, 0.1) is 0 Å². The fourth-order valence-electron chi connectivity index (χ4n) is 0.890. The van der Waals surface area contributed by atoms with Crippen LogP contribution in [0.15, 0.2) is 18.2 Å². The molecule has 0 saturated heterocycles. The summed E-state index contributed by atoms with van der Waals surface area (Å²) in [4.78, 5) is 0. The van der Waals surface area contributed by atoms with Gasteiger partial charge in [0.1, 0.15) is 5.75 Å². The van der Waals surface area contributed by atoms with Crippen molar-refractivity contribution in [2.24, 2.45) is 0 Å². The number of aromatic nitrogens is 4. The molecule has 14 heavy (non-hydrogen) atoms. The van der Waals surface area contributed by atoms with Gasteiger partial charge in [-0.3, -0.25) is 0 Å². The SMILES string of the molecule is Oc1ccc(Oc2nnn[nH]2)c(O)c1. The van der Waals surface area contributed by atoms with Crippen LogP contribution in [-0.4, -0.2) is 30.8 Å². The highest BCUT2D eigenvalue weighted by atomic mass is 16.5. The lowest BCUT2D eigenvalue weighted by Crippen LogP contribution is -1.86. The Morgan fingerprint density at radius 2 is 2.14 bits per heavy atom. The van der Waals surface area contributed by atoms with Gasteiger partial charge < -0.3 is 14.9 Å². The first kappa shape index (κ1) is 8.30. The van der Waals surface area contributed by atoms with Crippen LogP contribution in [0.2, 0.25) is 0 Å². The summed E-state index contributed by atoms with van der Waals surface area (Å²) in [6.07, 6.45) is 0. The van der Waals surface area contributed by atoms with Gasteiger partial charge in [-0.25, -0.2) is 5.10 Å². The Labute approximate surface area is 78.0 Å². The highest BCUT2D eigenvalue weighted by Gasteiger charge is 2.06. The largest absolute Gasteiger partial charge is 0.508 e. The molecule has 72 valence electrons. The lowest BCUT2D eigenvalue weighted by atomic mass is 10.3. The molecule has 0 aliphatic rings. The smallest absolute Gasteiger partial charge is 0.338 e. The molecule has 0 aliphatic carbocycles. The highest BCUT2D eigenvalue weighted by molar-refractivity contribution is 5.44. The zero-order chi connectivity index (χ0) is 9.97. The van der Waals surface area contributed by atoms with Crippen LogP contribution in [0.25, 0.3) is 0 Å². The Bertz CT molecular complexity index is 429. The lowest BCUT2D eigenvalue weighted by Gasteiger charge is -2.03. The molecular weight excluding hydrogens is 188 g/mol. The molecule has 0 fully saturated rings. The van der Waals surface area contributed by atoms with Crippen molar-refractivity contribution in [3.8, 4) is 23.3 Å². The minimum absolute atomic E-state index is 0.0504. The number of phenolic OH excluding ortho intramolecular Hbond substituents is 2. The summed E-state index contributed by atoms with van der Waals surface area (Å²) >= 11 is 0. The van der Waals surface area contributed by atoms with Gasteiger partial charge in [0.2, 0.25) is 0 Å². The van der Waals surface area contributed by atoms with Crippen LogP contribution in [0.5, 0.6) is 23.3 Å². The maximum absolute atomic E-state index is 9.32. The van der Waals surface area contributed by atoms with E-state index in [9.17, 15) is 5.11 Å². The molecule has 7 nitrogen and oxygen atoms in total. The van der Waals surface area contributed by atoms with Crippen LogP contribution in [0.1, 0.15) is 0 Å². The van der Waals surface area contributed by atoms with E-state index in [1.807, 2.05) is 0 Å². The Hall–Kier alpha value is -2.31. The van der Waals surface area contributed by atoms with E-state index in [0.29, 0.717) is 0 Å². The van der Waals surface area contributed by atoms with E-state index in [0.717, 1.165) is 6.07 Å². The van der Waals surface area contributed by atoms with E-state index in [1.165, 1.54) is 12.1 Å². The molecule has 0 amide bonds. The van der Waals surface area contributed by atoms with Crippen molar-refractivity contribution in [2.75, 3.05) is 0 Å². The van der Waals surface area contributed by atoms with E-state index in [4.69, 9.17) is 9.84 Å². The van der Waals surface area contributed by atoms with Gasteiger partial charge in [-0.1, -0.05) is 5.10 Å². The average Bonchev–Trinajstić information content (AvgIpc) is 2.62. The first-order valence-electron chi connectivity index (χ1n) is 3.69. The number of phenols is 2. The van der Waals surface area contributed by atoms with Crippen molar-refractivity contribution < 1.29 is 14.9 Å². The van der Waals surface area contributed by atoms with Crippen molar-refractivity contribution in [3.05, 3.63) is 18.2 Å². The van der Waals surface area contributed by atoms with Gasteiger partial charge in [-0.15, -0.1) is 0 Å². The summed E-state index contributed by atoms with van der Waals surface area (Å²) < 4.78 is 5.05. The third kappa shape index (κ3) is 1.56. The molecule has 0 aliphatic heterocycles. The van der Waals surface area contributed by atoms with Crippen LogP contribution >= 0.6 is 0 Å². The summed E-state index contributed by atoms with van der Waals surface area (Å²) in [7, 11) is 0. The number of nitrogens with one attached hydrogen (secondary N) is 1. The highest BCUT2D eigenvalue weighted by Crippen LogP contribution is 2.31. The Morgan fingerprint density at radius 3 is 2.79 bits per heavy atom. The van der Waals surface area contributed by atoms with Gasteiger partial charge in [0, 0.05) is 6.07 Å². The summed E-state index contributed by atoms with van der Waals surface area (Å²) in [5.74, 6) is -0.0895. The number of ether oxygens (including phenoxy) is 1. The number of H-pyrrole nitrogens is 1. The Morgan fingerprint density at radius 1 is 1.29 bits per heavy atom. The number of rotatable bonds is 2. The molecule has 0 radical (unpaired) electrons. The summed E-state index contributed by atoms with van der Waals surface area (Å²) in [6, 6.07) is 3.98. The number of tetrazole rings is 1. The van der Waals surface area contributed by atoms with Crippen molar-refractivity contribution in [1.29, 1.82) is 0 Å². The quantitative estimate of drug-likeness (QED) is 0.639. The zero-order valence-electron chi connectivity index (χ0n) is 6.88. The summed E-state index contributed by atoms with van der Waals surface area (Å²) in [5.41, 5.74) is 0. The van der Waals surface area contributed by atoms with E-state index in [2.05, 4.69) is 20.6 Å². The average molecular weight is 194 g/mol. The third-order valence-electron chi connectivity index (χ3n) is 1.48. The maximum Gasteiger partial charge on any atom is 0.338 e. The van der Waals surface area contributed by atoms with Gasteiger partial charge in [0.25, 0.3) is 0 Å². The minimum atomic E-state index is -0.193. The molecule has 2 aromatic rings. The number of hydrogen-bond acceptors (Lipinski definition) is 6. The molecule has 1 aromatic carbocycles. The third-order valence-corrected chi connectivity index (χ3v) is 1.48. The summed E-state index contributed by atoms with van der Waals surface area (Å²) in [5, 5.41) is 30.7. The first-order chi connectivity index (χ1) is 6.75. The molecule has 1 heterocycles. The Kier molecular flexibility index (Phi) is 1.90. The maximum atomic E-state index is 9.32. The van der Waals surface area contributed by atoms with Crippen LogP contribution in [0.3, 0.4) is 0 Å². The zero-order valence-corrected chi connectivity index (χ0v) is 6.88. The van der Waals surface area contributed by atoms with Gasteiger partial charge in [0.15, 0.2) is 11.5 Å². The lowest BCUT2D eigenvalue weighted by molar-refractivity contribution is 0.387. The molecule has 2 rings (SSSR count). The molecule has 1 aromatic heterocycles. The predicted octanol–water partition coefficient (Wildman–Crippen LogP) is 0.403. The number of hydrogen-bond donors (Lipinski definition) is 3. The first-order valence-corrected chi connectivity index (χ1v) is 3.69. The van der Waals surface area contributed by atoms with Crippen LogP contribution in [0, 0.1) is 0 Å². The molecule has 0 spiro atoms. The number of aromatic amines is 1. The van der Waals surface area contributed by atoms with Crippen molar-refractivity contribution in [2.45, 2.75) is 0 Å². The second-order valence-electron chi connectivity index (χ2n) is 2.46. The van der Waals surface area contributed by atoms with Gasteiger partial charge >= 0.3 is 6.01 Å². The molecule has 7 heteroatoms. The van der Waals surface area contributed by atoms with E-state index < -0.39 is 0 Å². The fourth-order valence-corrected chi connectivity index (χ4v) is 0.890.